The number of fused-ring (bicyclic) bond motifs is 1. The number of benzene rings is 1. The molecule has 27 heavy (non-hydrogen) atoms. The molecule has 0 saturated carbocycles. The normalized spacial score (nSPS) is 30.3. The van der Waals surface area contributed by atoms with E-state index in [0.717, 1.165) is 25.1 Å². The fourth-order valence-corrected chi connectivity index (χ4v) is 4.60. The fourth-order valence-electron chi connectivity index (χ4n) is 4.60. The van der Waals surface area contributed by atoms with Crippen molar-refractivity contribution in [3.63, 3.8) is 0 Å². The minimum atomic E-state index is -0.555. The van der Waals surface area contributed by atoms with Crippen LogP contribution in [-0.4, -0.2) is 41.7 Å². The molecule has 0 radical (unpaired) electrons. The van der Waals surface area contributed by atoms with Crippen molar-refractivity contribution in [3.8, 4) is 0 Å². The number of piperidine rings is 2. The summed E-state index contributed by atoms with van der Waals surface area (Å²) in [6.45, 7) is 10.4. The number of hydrogen-bond donors (Lipinski definition) is 0. The van der Waals surface area contributed by atoms with Crippen LogP contribution in [0.2, 0.25) is 0 Å². The second-order valence-corrected chi connectivity index (χ2v) is 8.42. The van der Waals surface area contributed by atoms with Crippen LogP contribution in [0.15, 0.2) is 42.0 Å². The van der Waals surface area contributed by atoms with Gasteiger partial charge in [-0.05, 0) is 43.4 Å². The summed E-state index contributed by atoms with van der Waals surface area (Å²) in [5.74, 6) is 0.159. The number of rotatable bonds is 5. The van der Waals surface area contributed by atoms with Crippen LogP contribution in [-0.2, 0) is 20.9 Å². The number of carbonyl (C=O) groups excluding carboxylic acids is 1. The number of carbonyl (C=O) groups is 1. The summed E-state index contributed by atoms with van der Waals surface area (Å²) >= 11 is 0. The Balaban J connectivity index is 1.94. The Hall–Kier alpha value is -1.65. The lowest BCUT2D eigenvalue weighted by atomic mass is 9.75. The molecule has 1 aromatic carbocycles. The first-order chi connectivity index (χ1) is 12.9. The van der Waals surface area contributed by atoms with Gasteiger partial charge in [0.25, 0.3) is 0 Å². The third-order valence-corrected chi connectivity index (χ3v) is 5.74. The van der Waals surface area contributed by atoms with Crippen LogP contribution in [0.1, 0.15) is 52.5 Å². The molecule has 2 fully saturated rings. The highest BCUT2D eigenvalue weighted by Gasteiger charge is 2.53. The first-order valence-electron chi connectivity index (χ1n) is 10.2. The minimum absolute atomic E-state index is 0.242. The summed E-state index contributed by atoms with van der Waals surface area (Å²) in [5, 5.41) is 0. The SMILES string of the molecule is CC(=O)O[C@@H]1/C(=C/C(C)C)CN2CCCC[C@H]2[C@@]1(C)OCc1ccccc1. The van der Waals surface area contributed by atoms with Gasteiger partial charge >= 0.3 is 5.97 Å². The van der Waals surface area contributed by atoms with E-state index in [0.29, 0.717) is 12.5 Å². The van der Waals surface area contributed by atoms with E-state index in [1.165, 1.54) is 25.3 Å². The first kappa shape index (κ1) is 20.1. The van der Waals surface area contributed by atoms with Crippen LogP contribution >= 0.6 is 0 Å². The van der Waals surface area contributed by atoms with Crippen molar-refractivity contribution in [3.05, 3.63) is 47.5 Å². The molecule has 148 valence electrons. The van der Waals surface area contributed by atoms with Gasteiger partial charge < -0.3 is 9.47 Å². The van der Waals surface area contributed by atoms with Crippen LogP contribution in [0.5, 0.6) is 0 Å². The molecule has 2 aliphatic heterocycles. The van der Waals surface area contributed by atoms with E-state index in [2.05, 4.69) is 43.9 Å². The van der Waals surface area contributed by atoms with Crippen LogP contribution in [0.4, 0.5) is 0 Å². The Bertz CT molecular complexity index is 669. The highest BCUT2D eigenvalue weighted by Crippen LogP contribution is 2.41. The van der Waals surface area contributed by atoms with Gasteiger partial charge in [0.1, 0.15) is 5.60 Å². The third kappa shape index (κ3) is 4.61. The number of ether oxygens (including phenoxy) is 2. The first-order valence-corrected chi connectivity index (χ1v) is 10.2. The Morgan fingerprint density at radius 2 is 2.04 bits per heavy atom. The summed E-state index contributed by atoms with van der Waals surface area (Å²) in [4.78, 5) is 14.5. The van der Waals surface area contributed by atoms with Crippen molar-refractivity contribution >= 4 is 5.97 Å². The largest absolute Gasteiger partial charge is 0.455 e. The van der Waals surface area contributed by atoms with Gasteiger partial charge in [-0.2, -0.15) is 0 Å². The van der Waals surface area contributed by atoms with Crippen molar-refractivity contribution in [2.45, 2.75) is 71.3 Å². The molecule has 3 rings (SSSR count). The van der Waals surface area contributed by atoms with E-state index in [1.807, 2.05) is 18.2 Å². The number of hydrogen-bond acceptors (Lipinski definition) is 4. The summed E-state index contributed by atoms with van der Waals surface area (Å²) in [6.07, 6.45) is 5.42. The predicted molar refractivity (Wildman–Crippen MR) is 107 cm³/mol. The average Bonchev–Trinajstić information content (AvgIpc) is 2.64. The summed E-state index contributed by atoms with van der Waals surface area (Å²) < 4.78 is 12.5. The molecule has 2 heterocycles. The number of esters is 1. The lowest BCUT2D eigenvalue weighted by Gasteiger charge is -2.54. The zero-order valence-electron chi connectivity index (χ0n) is 17.1. The van der Waals surface area contributed by atoms with E-state index >= 15 is 0 Å². The van der Waals surface area contributed by atoms with E-state index in [1.54, 1.807) is 0 Å². The van der Waals surface area contributed by atoms with Crippen LogP contribution in [0.3, 0.4) is 0 Å². The molecule has 0 unspecified atom stereocenters. The number of allylic oxidation sites excluding steroid dienone is 1. The summed E-state index contributed by atoms with van der Waals surface area (Å²) in [5.41, 5.74) is 1.76. The molecule has 2 saturated heterocycles. The zero-order chi connectivity index (χ0) is 19.4. The molecular formula is C23H33NO3. The monoisotopic (exact) mass is 371 g/mol. The van der Waals surface area contributed by atoms with E-state index in [4.69, 9.17) is 9.47 Å². The van der Waals surface area contributed by atoms with Gasteiger partial charge in [0.05, 0.1) is 6.61 Å². The minimum Gasteiger partial charge on any atom is -0.455 e. The molecular weight excluding hydrogens is 338 g/mol. The predicted octanol–water partition coefficient (Wildman–Crippen LogP) is 4.34. The summed E-state index contributed by atoms with van der Waals surface area (Å²) in [7, 11) is 0. The average molecular weight is 372 g/mol. The standard InChI is InChI=1S/C23H33NO3/c1-17(2)14-20-15-24-13-9-8-12-21(24)23(4,22(20)27-18(3)25)26-16-19-10-6-5-7-11-19/h5-7,10-11,14,17,21-22H,8-9,12-13,15-16H2,1-4H3/b20-14+/t21-,22+,23+/m0/s1. The molecule has 0 aliphatic carbocycles. The highest BCUT2D eigenvalue weighted by molar-refractivity contribution is 5.66. The molecule has 4 heteroatoms. The molecule has 0 spiro atoms. The topological polar surface area (TPSA) is 38.8 Å². The Morgan fingerprint density at radius 1 is 1.30 bits per heavy atom. The van der Waals surface area contributed by atoms with Crippen molar-refractivity contribution in [2.75, 3.05) is 13.1 Å². The van der Waals surface area contributed by atoms with Crippen molar-refractivity contribution < 1.29 is 14.3 Å². The number of nitrogens with zero attached hydrogens (tertiary/aromatic N) is 1. The van der Waals surface area contributed by atoms with Crippen LogP contribution in [0, 0.1) is 5.92 Å². The Kier molecular flexibility index (Phi) is 6.38. The van der Waals surface area contributed by atoms with Gasteiger partial charge in [0.15, 0.2) is 6.10 Å². The van der Waals surface area contributed by atoms with Crippen molar-refractivity contribution in [1.82, 2.24) is 4.90 Å². The third-order valence-electron chi connectivity index (χ3n) is 5.74. The Labute approximate surface area is 163 Å². The smallest absolute Gasteiger partial charge is 0.303 e. The lowest BCUT2D eigenvalue weighted by Crippen LogP contribution is -2.66. The molecule has 4 nitrogen and oxygen atoms in total. The second kappa shape index (κ2) is 8.57. The molecule has 0 aromatic heterocycles. The highest BCUT2D eigenvalue weighted by atomic mass is 16.6. The second-order valence-electron chi connectivity index (χ2n) is 8.42. The van der Waals surface area contributed by atoms with Gasteiger partial charge in [0.2, 0.25) is 0 Å². The maximum atomic E-state index is 11.9. The van der Waals surface area contributed by atoms with Crippen LogP contribution < -0.4 is 0 Å². The molecule has 0 amide bonds. The molecule has 2 aliphatic rings. The van der Waals surface area contributed by atoms with Gasteiger partial charge in [-0.3, -0.25) is 9.69 Å². The van der Waals surface area contributed by atoms with Crippen molar-refractivity contribution in [2.24, 2.45) is 5.92 Å². The van der Waals surface area contributed by atoms with E-state index in [-0.39, 0.29) is 18.1 Å². The molecule has 3 atom stereocenters. The van der Waals surface area contributed by atoms with Crippen LogP contribution in [0.25, 0.3) is 0 Å². The van der Waals surface area contributed by atoms with Gasteiger partial charge in [-0.1, -0.05) is 56.7 Å². The summed E-state index contributed by atoms with van der Waals surface area (Å²) in [6, 6.07) is 10.5. The van der Waals surface area contributed by atoms with Gasteiger partial charge in [-0.25, -0.2) is 0 Å². The zero-order valence-corrected chi connectivity index (χ0v) is 17.1. The molecule has 0 bridgehead atoms. The maximum absolute atomic E-state index is 11.9. The lowest BCUT2D eigenvalue weighted by molar-refractivity contribution is -0.194. The Morgan fingerprint density at radius 3 is 2.70 bits per heavy atom. The fraction of sp³-hybridized carbons (Fsp3) is 0.609. The van der Waals surface area contributed by atoms with Crippen molar-refractivity contribution in [1.29, 1.82) is 0 Å². The quantitative estimate of drug-likeness (QED) is 0.570. The maximum Gasteiger partial charge on any atom is 0.303 e. The molecule has 0 N–H and O–H groups in total. The molecule has 1 aromatic rings. The van der Waals surface area contributed by atoms with E-state index < -0.39 is 5.60 Å². The van der Waals surface area contributed by atoms with Gasteiger partial charge in [-0.15, -0.1) is 0 Å². The van der Waals surface area contributed by atoms with Gasteiger partial charge in [0, 0.05) is 19.5 Å². The van der Waals surface area contributed by atoms with E-state index in [9.17, 15) is 4.79 Å².